The summed E-state index contributed by atoms with van der Waals surface area (Å²) in [5, 5.41) is 8.79. The maximum atomic E-state index is 12.8. The van der Waals surface area contributed by atoms with Crippen LogP contribution in [-0.2, 0) is 0 Å². The molecule has 1 atom stereocenters. The summed E-state index contributed by atoms with van der Waals surface area (Å²) in [6.45, 7) is 0. The molecule has 0 aliphatic carbocycles. The molecule has 0 saturated heterocycles. The maximum absolute atomic E-state index is 12.8. The zero-order chi connectivity index (χ0) is 11.4. The van der Waals surface area contributed by atoms with Crippen LogP contribution in [-0.4, -0.2) is 0 Å². The van der Waals surface area contributed by atoms with Gasteiger partial charge >= 0.3 is 0 Å². The predicted octanol–water partition coefficient (Wildman–Crippen LogP) is 3.46. The Kier molecular flexibility index (Phi) is 3.02. The van der Waals surface area contributed by atoms with Crippen molar-refractivity contribution in [2.45, 2.75) is 12.3 Å². The Labute approximate surface area is 92.9 Å². The highest BCUT2D eigenvalue weighted by molar-refractivity contribution is 5.28. The molecule has 0 fully saturated rings. The van der Waals surface area contributed by atoms with Crippen LogP contribution in [0.2, 0.25) is 0 Å². The quantitative estimate of drug-likeness (QED) is 0.786. The molecule has 0 N–H and O–H groups in total. The molecule has 2 nitrogen and oxygen atoms in total. The van der Waals surface area contributed by atoms with Crippen molar-refractivity contribution in [1.29, 1.82) is 5.26 Å². The molecule has 0 radical (unpaired) electrons. The van der Waals surface area contributed by atoms with Crippen molar-refractivity contribution >= 4 is 0 Å². The Hall–Kier alpha value is -2.08. The molecule has 80 valence electrons. The first kappa shape index (κ1) is 10.4. The summed E-state index contributed by atoms with van der Waals surface area (Å²) < 4.78 is 18.1. The van der Waals surface area contributed by atoms with E-state index in [0.29, 0.717) is 6.42 Å². The lowest BCUT2D eigenvalue weighted by molar-refractivity contribution is 0.487. The molecule has 3 heteroatoms. The number of benzene rings is 1. The van der Waals surface area contributed by atoms with Crippen LogP contribution in [0.5, 0.6) is 0 Å². The Morgan fingerprint density at radius 2 is 2.00 bits per heavy atom. The number of halogens is 1. The van der Waals surface area contributed by atoms with Crippen LogP contribution in [0.15, 0.2) is 47.1 Å². The second-order valence-corrected chi connectivity index (χ2v) is 3.48. The summed E-state index contributed by atoms with van der Waals surface area (Å²) in [6.07, 6.45) is 1.89. The number of hydrogen-bond acceptors (Lipinski definition) is 2. The summed E-state index contributed by atoms with van der Waals surface area (Å²) in [6, 6.07) is 11.9. The van der Waals surface area contributed by atoms with Crippen LogP contribution < -0.4 is 0 Å². The molecule has 0 aliphatic rings. The van der Waals surface area contributed by atoms with E-state index >= 15 is 0 Å². The van der Waals surface area contributed by atoms with Gasteiger partial charge in [0.1, 0.15) is 11.6 Å². The van der Waals surface area contributed by atoms with E-state index in [-0.39, 0.29) is 11.7 Å². The average molecular weight is 215 g/mol. The van der Waals surface area contributed by atoms with Crippen LogP contribution in [0, 0.1) is 17.1 Å². The van der Waals surface area contributed by atoms with E-state index in [2.05, 4.69) is 6.07 Å². The van der Waals surface area contributed by atoms with Crippen molar-refractivity contribution in [3.05, 3.63) is 59.8 Å². The topological polar surface area (TPSA) is 36.9 Å². The van der Waals surface area contributed by atoms with E-state index in [1.165, 1.54) is 12.1 Å². The van der Waals surface area contributed by atoms with Gasteiger partial charge in [-0.15, -0.1) is 0 Å². The van der Waals surface area contributed by atoms with Crippen LogP contribution in [0.25, 0.3) is 0 Å². The maximum Gasteiger partial charge on any atom is 0.123 e. The van der Waals surface area contributed by atoms with Gasteiger partial charge in [-0.25, -0.2) is 4.39 Å². The molecule has 1 heterocycles. The molecule has 1 aromatic heterocycles. The fourth-order valence-electron chi connectivity index (χ4n) is 1.66. The summed E-state index contributed by atoms with van der Waals surface area (Å²) in [7, 11) is 0. The Morgan fingerprint density at radius 1 is 1.25 bits per heavy atom. The standard InChI is InChI=1S/C13H10FNO/c14-11-5-3-10(4-6-11)12(7-8-15)13-2-1-9-16-13/h1-6,9,12H,7H2/t12-/m0/s1. The lowest BCUT2D eigenvalue weighted by Gasteiger charge is -2.10. The van der Waals surface area contributed by atoms with Crippen LogP contribution >= 0.6 is 0 Å². The molecule has 0 saturated carbocycles. The van der Waals surface area contributed by atoms with Gasteiger partial charge < -0.3 is 4.42 Å². The van der Waals surface area contributed by atoms with Gasteiger partial charge in [0.05, 0.1) is 18.3 Å². The molecule has 0 unspecified atom stereocenters. The van der Waals surface area contributed by atoms with Crippen molar-refractivity contribution in [3.8, 4) is 6.07 Å². The lowest BCUT2D eigenvalue weighted by Crippen LogP contribution is -1.98. The Morgan fingerprint density at radius 3 is 2.56 bits per heavy atom. The third-order valence-corrected chi connectivity index (χ3v) is 2.45. The van der Waals surface area contributed by atoms with Gasteiger partial charge in [0.2, 0.25) is 0 Å². The largest absolute Gasteiger partial charge is 0.469 e. The van der Waals surface area contributed by atoms with Gasteiger partial charge in [0.25, 0.3) is 0 Å². The first-order chi connectivity index (χ1) is 7.81. The van der Waals surface area contributed by atoms with Gasteiger partial charge in [-0.2, -0.15) is 5.26 Å². The second kappa shape index (κ2) is 4.63. The summed E-state index contributed by atoms with van der Waals surface area (Å²) in [4.78, 5) is 0. The lowest BCUT2D eigenvalue weighted by atomic mass is 9.94. The zero-order valence-corrected chi connectivity index (χ0v) is 8.56. The van der Waals surface area contributed by atoms with E-state index in [0.717, 1.165) is 11.3 Å². The van der Waals surface area contributed by atoms with E-state index in [4.69, 9.17) is 9.68 Å². The summed E-state index contributed by atoms with van der Waals surface area (Å²) >= 11 is 0. The van der Waals surface area contributed by atoms with Gasteiger partial charge in [-0.05, 0) is 29.8 Å². The third-order valence-electron chi connectivity index (χ3n) is 2.45. The average Bonchev–Trinajstić information content (AvgIpc) is 2.81. The van der Waals surface area contributed by atoms with Crippen LogP contribution in [0.4, 0.5) is 4.39 Å². The number of rotatable bonds is 3. The molecule has 0 spiro atoms. The number of furan rings is 1. The second-order valence-electron chi connectivity index (χ2n) is 3.48. The van der Waals surface area contributed by atoms with Gasteiger partial charge in [0.15, 0.2) is 0 Å². The molecule has 0 aliphatic heterocycles. The fourth-order valence-corrected chi connectivity index (χ4v) is 1.66. The molecule has 16 heavy (non-hydrogen) atoms. The van der Waals surface area contributed by atoms with Crippen molar-refractivity contribution < 1.29 is 8.81 Å². The van der Waals surface area contributed by atoms with E-state index < -0.39 is 0 Å². The zero-order valence-electron chi connectivity index (χ0n) is 8.56. The van der Waals surface area contributed by atoms with Gasteiger partial charge in [-0.3, -0.25) is 0 Å². The van der Waals surface area contributed by atoms with Crippen molar-refractivity contribution in [2.75, 3.05) is 0 Å². The minimum Gasteiger partial charge on any atom is -0.469 e. The van der Waals surface area contributed by atoms with Crippen molar-refractivity contribution in [1.82, 2.24) is 0 Å². The molecule has 0 amide bonds. The molecule has 2 aromatic rings. The molecule has 1 aromatic carbocycles. The first-order valence-corrected chi connectivity index (χ1v) is 4.97. The monoisotopic (exact) mass is 215 g/mol. The molecular weight excluding hydrogens is 205 g/mol. The van der Waals surface area contributed by atoms with Gasteiger partial charge in [-0.1, -0.05) is 12.1 Å². The predicted molar refractivity (Wildman–Crippen MR) is 57.2 cm³/mol. The summed E-state index contributed by atoms with van der Waals surface area (Å²) in [5.41, 5.74) is 0.887. The van der Waals surface area contributed by atoms with Crippen molar-refractivity contribution in [2.24, 2.45) is 0 Å². The van der Waals surface area contributed by atoms with E-state index in [1.54, 1.807) is 24.5 Å². The Balaban J connectivity index is 2.33. The number of nitrogens with zero attached hydrogens (tertiary/aromatic N) is 1. The molecule has 2 rings (SSSR count). The van der Waals surface area contributed by atoms with Crippen LogP contribution in [0.3, 0.4) is 0 Å². The fraction of sp³-hybridized carbons (Fsp3) is 0.154. The first-order valence-electron chi connectivity index (χ1n) is 4.97. The number of hydrogen-bond donors (Lipinski definition) is 0. The highest BCUT2D eigenvalue weighted by Crippen LogP contribution is 2.27. The van der Waals surface area contributed by atoms with Crippen molar-refractivity contribution in [3.63, 3.8) is 0 Å². The van der Waals surface area contributed by atoms with Crippen LogP contribution in [0.1, 0.15) is 23.7 Å². The number of nitriles is 1. The minimum atomic E-state index is -0.279. The third kappa shape index (κ3) is 2.12. The molecular formula is C13H10FNO. The normalized spacial score (nSPS) is 12.0. The van der Waals surface area contributed by atoms with E-state index in [1.807, 2.05) is 6.07 Å². The Bertz CT molecular complexity index is 482. The minimum absolute atomic E-state index is 0.124. The smallest absolute Gasteiger partial charge is 0.123 e. The summed E-state index contributed by atoms with van der Waals surface area (Å²) in [5.74, 6) is 0.327. The van der Waals surface area contributed by atoms with Gasteiger partial charge in [0, 0.05) is 6.42 Å². The highest BCUT2D eigenvalue weighted by Gasteiger charge is 2.16. The SMILES string of the molecule is N#CC[C@@H](c1ccc(F)cc1)c1ccco1. The highest BCUT2D eigenvalue weighted by atomic mass is 19.1. The van der Waals surface area contributed by atoms with E-state index in [9.17, 15) is 4.39 Å². The molecule has 0 bridgehead atoms.